The summed E-state index contributed by atoms with van der Waals surface area (Å²) in [7, 11) is -2.16. The van der Waals surface area contributed by atoms with Gasteiger partial charge in [0.2, 0.25) is 0 Å². The number of carbonyl (C=O) groups excluding carboxylic acids is 1. The summed E-state index contributed by atoms with van der Waals surface area (Å²) >= 11 is 0. The average Bonchev–Trinajstić information content (AvgIpc) is 3.09. The number of nitrogens with one attached hydrogen (secondary N) is 2. The fourth-order valence-electron chi connectivity index (χ4n) is 3.80. The predicted octanol–water partition coefficient (Wildman–Crippen LogP) is 1.53. The molecule has 0 spiro atoms. The van der Waals surface area contributed by atoms with Crippen LogP contribution in [0, 0.1) is 19.8 Å². The van der Waals surface area contributed by atoms with E-state index in [4.69, 9.17) is 9.26 Å². The van der Waals surface area contributed by atoms with Crippen LogP contribution in [-0.4, -0.2) is 68.4 Å². The van der Waals surface area contributed by atoms with Crippen molar-refractivity contribution in [3.05, 3.63) is 35.2 Å². The highest BCUT2D eigenvalue weighted by Gasteiger charge is 2.33. The Morgan fingerprint density at radius 3 is 2.66 bits per heavy atom. The molecule has 3 atom stereocenters. The Labute approximate surface area is 188 Å². The number of ether oxygens (including phenoxy) is 1. The van der Waals surface area contributed by atoms with Crippen LogP contribution in [0.4, 0.5) is 5.69 Å². The van der Waals surface area contributed by atoms with Crippen molar-refractivity contribution in [2.45, 2.75) is 44.7 Å². The van der Waals surface area contributed by atoms with E-state index in [2.05, 4.69) is 15.2 Å². The minimum atomic E-state index is -3.98. The number of nitrogens with zero attached hydrogens (tertiary/aromatic N) is 2. The van der Waals surface area contributed by atoms with Gasteiger partial charge in [-0.2, -0.15) is 0 Å². The van der Waals surface area contributed by atoms with Crippen LogP contribution in [0.2, 0.25) is 0 Å². The average molecular weight is 467 g/mol. The van der Waals surface area contributed by atoms with Crippen LogP contribution in [0.15, 0.2) is 27.6 Å². The number of benzene rings is 1. The molecule has 3 rings (SSSR count). The first kappa shape index (κ1) is 24.0. The highest BCUT2D eigenvalue weighted by molar-refractivity contribution is 7.92. The number of rotatable bonds is 7. The molecule has 10 nitrogen and oxygen atoms in total. The van der Waals surface area contributed by atoms with E-state index in [1.165, 1.54) is 13.0 Å². The van der Waals surface area contributed by atoms with Gasteiger partial charge < -0.3 is 24.6 Å². The molecule has 2 aromatic rings. The van der Waals surface area contributed by atoms with Gasteiger partial charge in [-0.15, -0.1) is 0 Å². The third-order valence-corrected chi connectivity index (χ3v) is 7.18. The number of anilines is 1. The van der Waals surface area contributed by atoms with Crippen molar-refractivity contribution in [1.29, 1.82) is 0 Å². The van der Waals surface area contributed by atoms with E-state index in [1.807, 2.05) is 14.0 Å². The summed E-state index contributed by atoms with van der Waals surface area (Å²) in [6.07, 6.45) is -0.218. The SMILES string of the molecule is CNC[C@@H]1Oc2ccc(NS(=O)(=O)c3c(C)noc3C)cc2C(=O)N([C@@H](C)CO)C[C@@H]1C. The Balaban J connectivity index is 2.02. The number of fused-ring (bicyclic) bond motifs is 1. The standard InChI is InChI=1S/C21H30N4O6S/c1-12-10-25(13(2)11-26)21(27)17-8-16(6-7-18(17)30-19(12)9-22-5)24-32(28,29)20-14(3)23-31-15(20)4/h6-8,12-13,19,22,24,26H,9-11H2,1-5H3/t12-,13-,19-/m0/s1. The molecule has 32 heavy (non-hydrogen) atoms. The van der Waals surface area contributed by atoms with Crippen molar-refractivity contribution >= 4 is 21.6 Å². The Morgan fingerprint density at radius 2 is 2.06 bits per heavy atom. The molecule has 1 amide bonds. The molecule has 0 radical (unpaired) electrons. The lowest BCUT2D eigenvalue weighted by atomic mass is 9.99. The maximum Gasteiger partial charge on any atom is 0.267 e. The molecule has 3 N–H and O–H groups in total. The minimum Gasteiger partial charge on any atom is -0.488 e. The van der Waals surface area contributed by atoms with Gasteiger partial charge >= 0.3 is 0 Å². The molecule has 0 fully saturated rings. The maximum atomic E-state index is 13.4. The molecule has 0 saturated heterocycles. The largest absolute Gasteiger partial charge is 0.488 e. The van der Waals surface area contributed by atoms with Crippen LogP contribution < -0.4 is 14.8 Å². The molecule has 2 heterocycles. The van der Waals surface area contributed by atoms with Gasteiger partial charge in [0.25, 0.3) is 15.9 Å². The Morgan fingerprint density at radius 1 is 1.34 bits per heavy atom. The van der Waals surface area contributed by atoms with Crippen LogP contribution in [0.25, 0.3) is 0 Å². The zero-order valence-electron chi connectivity index (χ0n) is 18.9. The number of hydrogen-bond acceptors (Lipinski definition) is 8. The second-order valence-electron chi connectivity index (χ2n) is 8.15. The molecule has 0 bridgehead atoms. The van der Waals surface area contributed by atoms with Crippen molar-refractivity contribution < 1.29 is 27.6 Å². The molecule has 0 saturated carbocycles. The van der Waals surface area contributed by atoms with E-state index >= 15 is 0 Å². The van der Waals surface area contributed by atoms with E-state index in [1.54, 1.807) is 30.9 Å². The Kier molecular flexibility index (Phi) is 7.11. The smallest absolute Gasteiger partial charge is 0.267 e. The highest BCUT2D eigenvalue weighted by atomic mass is 32.2. The van der Waals surface area contributed by atoms with Crippen LogP contribution in [0.3, 0.4) is 0 Å². The number of aryl methyl sites for hydroxylation is 2. The number of aromatic nitrogens is 1. The molecular weight excluding hydrogens is 436 g/mol. The van der Waals surface area contributed by atoms with E-state index in [-0.39, 0.29) is 52.1 Å². The number of hydrogen-bond donors (Lipinski definition) is 3. The predicted molar refractivity (Wildman–Crippen MR) is 118 cm³/mol. The number of amides is 1. The second kappa shape index (κ2) is 9.47. The summed E-state index contributed by atoms with van der Waals surface area (Å²) in [6, 6.07) is 4.18. The van der Waals surface area contributed by atoms with Crippen molar-refractivity contribution in [2.24, 2.45) is 5.92 Å². The summed E-state index contributed by atoms with van der Waals surface area (Å²) in [5.74, 6) is 0.200. The number of likely N-dealkylation sites (N-methyl/N-ethyl adjacent to an activating group) is 1. The lowest BCUT2D eigenvalue weighted by Crippen LogP contribution is -2.49. The van der Waals surface area contributed by atoms with Crippen molar-refractivity contribution in [3.8, 4) is 5.75 Å². The molecule has 0 unspecified atom stereocenters. The van der Waals surface area contributed by atoms with Gasteiger partial charge in [0.05, 0.1) is 18.2 Å². The zero-order valence-corrected chi connectivity index (χ0v) is 19.7. The van der Waals surface area contributed by atoms with Gasteiger partial charge in [0.1, 0.15) is 17.5 Å². The molecule has 176 valence electrons. The first-order valence-electron chi connectivity index (χ1n) is 10.4. The maximum absolute atomic E-state index is 13.4. The molecule has 1 aromatic carbocycles. The monoisotopic (exact) mass is 466 g/mol. The van der Waals surface area contributed by atoms with Crippen molar-refractivity contribution in [1.82, 2.24) is 15.4 Å². The second-order valence-corrected chi connectivity index (χ2v) is 9.77. The topological polar surface area (TPSA) is 134 Å². The lowest BCUT2D eigenvalue weighted by Gasteiger charge is -2.37. The fourth-order valence-corrected chi connectivity index (χ4v) is 5.18. The van der Waals surface area contributed by atoms with Gasteiger partial charge in [-0.3, -0.25) is 9.52 Å². The van der Waals surface area contributed by atoms with Gasteiger partial charge in [-0.1, -0.05) is 12.1 Å². The van der Waals surface area contributed by atoms with Crippen LogP contribution in [0.1, 0.15) is 35.7 Å². The third-order valence-electron chi connectivity index (χ3n) is 5.56. The zero-order chi connectivity index (χ0) is 23.6. The van der Waals surface area contributed by atoms with Crippen LogP contribution in [-0.2, 0) is 10.0 Å². The molecule has 1 aliphatic heterocycles. The number of aliphatic hydroxyl groups is 1. The minimum absolute atomic E-state index is 0.00581. The summed E-state index contributed by atoms with van der Waals surface area (Å²) in [5, 5.41) is 16.5. The number of carbonyl (C=O) groups is 1. The normalized spacial score (nSPS) is 20.2. The number of aliphatic hydroxyl groups excluding tert-OH is 1. The van der Waals surface area contributed by atoms with E-state index < -0.39 is 16.1 Å². The first-order chi connectivity index (χ1) is 15.1. The molecule has 1 aromatic heterocycles. The van der Waals surface area contributed by atoms with E-state index in [0.29, 0.717) is 18.8 Å². The third kappa shape index (κ3) is 4.74. The molecule has 11 heteroatoms. The molecular formula is C21H30N4O6S. The van der Waals surface area contributed by atoms with Crippen molar-refractivity contribution in [3.63, 3.8) is 0 Å². The lowest BCUT2D eigenvalue weighted by molar-refractivity contribution is 0.0416. The quantitative estimate of drug-likeness (QED) is 0.559. The van der Waals surface area contributed by atoms with E-state index in [9.17, 15) is 18.3 Å². The summed E-state index contributed by atoms with van der Waals surface area (Å²) in [4.78, 5) is 14.9. The van der Waals surface area contributed by atoms with Gasteiger partial charge in [-0.05, 0) is 46.0 Å². The molecule has 1 aliphatic rings. The molecule has 0 aliphatic carbocycles. The number of sulfonamides is 1. The van der Waals surface area contributed by atoms with Crippen LogP contribution in [0.5, 0.6) is 5.75 Å². The van der Waals surface area contributed by atoms with Gasteiger partial charge in [-0.25, -0.2) is 8.42 Å². The highest BCUT2D eigenvalue weighted by Crippen LogP contribution is 2.31. The Hall–Kier alpha value is -2.63. The Bertz CT molecular complexity index is 1060. The van der Waals surface area contributed by atoms with Gasteiger partial charge in [0.15, 0.2) is 10.7 Å². The van der Waals surface area contributed by atoms with Gasteiger partial charge in [0, 0.05) is 24.7 Å². The van der Waals surface area contributed by atoms with Crippen molar-refractivity contribution in [2.75, 3.05) is 31.5 Å². The summed E-state index contributed by atoms with van der Waals surface area (Å²) < 4.78 is 39.4. The first-order valence-corrected chi connectivity index (χ1v) is 11.9. The summed E-state index contributed by atoms with van der Waals surface area (Å²) in [5.41, 5.74) is 0.667. The van der Waals surface area contributed by atoms with E-state index in [0.717, 1.165) is 0 Å². The fraction of sp³-hybridized carbons (Fsp3) is 0.524. The summed E-state index contributed by atoms with van der Waals surface area (Å²) in [6.45, 7) is 7.58. The van der Waals surface area contributed by atoms with Crippen LogP contribution >= 0.6 is 0 Å².